The lowest BCUT2D eigenvalue weighted by Gasteiger charge is -2.13. The minimum Gasteiger partial charge on any atom is -0.493 e. The summed E-state index contributed by atoms with van der Waals surface area (Å²) in [4.78, 5) is 12.3. The summed E-state index contributed by atoms with van der Waals surface area (Å²) in [5, 5.41) is 8.50. The third kappa shape index (κ3) is 4.33. The highest BCUT2D eigenvalue weighted by atomic mass is 16.5. The van der Waals surface area contributed by atoms with Crippen LogP contribution in [0.3, 0.4) is 0 Å². The van der Waals surface area contributed by atoms with Crippen LogP contribution in [0.1, 0.15) is 15.9 Å². The van der Waals surface area contributed by atoms with Crippen molar-refractivity contribution in [2.75, 3.05) is 27.9 Å². The Bertz CT molecular complexity index is 835. The molecule has 6 heteroatoms. The number of methoxy groups -OCH3 is 3. The highest BCUT2D eigenvalue weighted by Crippen LogP contribution is 2.40. The molecule has 0 spiro atoms. The van der Waals surface area contributed by atoms with E-state index >= 15 is 0 Å². The molecule has 0 aliphatic rings. The second-order valence-electron chi connectivity index (χ2n) is 5.09. The van der Waals surface area contributed by atoms with Crippen LogP contribution < -0.4 is 18.9 Å². The number of nitrogens with zero attached hydrogens (tertiary/aromatic N) is 1. The largest absolute Gasteiger partial charge is 0.493 e. The molecule has 0 bridgehead atoms. The molecule has 26 heavy (non-hydrogen) atoms. The fourth-order valence-electron chi connectivity index (χ4n) is 2.35. The van der Waals surface area contributed by atoms with Crippen LogP contribution in [0.5, 0.6) is 23.0 Å². The lowest BCUT2D eigenvalue weighted by atomic mass is 10.1. The van der Waals surface area contributed by atoms with E-state index < -0.39 is 0 Å². The van der Waals surface area contributed by atoms with Crippen LogP contribution >= 0.6 is 0 Å². The van der Waals surface area contributed by atoms with E-state index in [-0.39, 0.29) is 12.4 Å². The standard InChI is InChI=1S/C20H19NO5/c1-23-18-11-7-15(19(24-2)20(18)25-3)6-10-17(22)14-4-8-16(9-5-14)26-13-12-21/h4-11H,13H2,1-3H3/b10-6+. The van der Waals surface area contributed by atoms with Gasteiger partial charge in [-0.2, -0.15) is 5.26 Å². The predicted octanol–water partition coefficient (Wildman–Crippen LogP) is 3.51. The van der Waals surface area contributed by atoms with Gasteiger partial charge in [-0.15, -0.1) is 0 Å². The van der Waals surface area contributed by atoms with Crippen LogP contribution in [0, 0.1) is 11.3 Å². The number of carbonyl (C=O) groups is 1. The molecule has 0 aliphatic carbocycles. The molecule has 0 amide bonds. The Morgan fingerprint density at radius 1 is 1.00 bits per heavy atom. The van der Waals surface area contributed by atoms with Gasteiger partial charge in [0, 0.05) is 11.1 Å². The first-order valence-corrected chi connectivity index (χ1v) is 7.75. The van der Waals surface area contributed by atoms with E-state index in [0.29, 0.717) is 34.1 Å². The summed E-state index contributed by atoms with van der Waals surface area (Å²) in [5.41, 5.74) is 1.19. The van der Waals surface area contributed by atoms with Crippen LogP contribution in [-0.4, -0.2) is 33.7 Å². The molecule has 2 rings (SSSR count). The maximum atomic E-state index is 12.3. The molecule has 2 aromatic rings. The summed E-state index contributed by atoms with van der Waals surface area (Å²) in [6, 6.07) is 12.0. The van der Waals surface area contributed by atoms with Gasteiger partial charge in [0.1, 0.15) is 11.8 Å². The number of nitriles is 1. The summed E-state index contributed by atoms with van der Waals surface area (Å²) < 4.78 is 21.1. The maximum Gasteiger partial charge on any atom is 0.203 e. The van der Waals surface area contributed by atoms with Crippen molar-refractivity contribution in [1.29, 1.82) is 5.26 Å². The highest BCUT2D eigenvalue weighted by Gasteiger charge is 2.14. The fraction of sp³-hybridized carbons (Fsp3) is 0.200. The van der Waals surface area contributed by atoms with Crippen LogP contribution in [0.2, 0.25) is 0 Å². The summed E-state index contributed by atoms with van der Waals surface area (Å²) in [7, 11) is 4.59. The van der Waals surface area contributed by atoms with E-state index in [4.69, 9.17) is 24.2 Å². The van der Waals surface area contributed by atoms with E-state index in [1.54, 1.807) is 49.6 Å². The molecule has 0 aromatic heterocycles. The molecule has 0 radical (unpaired) electrons. The van der Waals surface area contributed by atoms with Gasteiger partial charge in [-0.05, 0) is 48.6 Å². The second-order valence-corrected chi connectivity index (χ2v) is 5.09. The first kappa shape index (κ1) is 18.9. The molecule has 6 nitrogen and oxygen atoms in total. The van der Waals surface area contributed by atoms with Crippen molar-refractivity contribution in [1.82, 2.24) is 0 Å². The van der Waals surface area contributed by atoms with Gasteiger partial charge in [0.15, 0.2) is 23.9 Å². The molecular formula is C20H19NO5. The summed E-state index contributed by atoms with van der Waals surface area (Å²) in [6.07, 6.45) is 3.11. The van der Waals surface area contributed by atoms with Gasteiger partial charge >= 0.3 is 0 Å². The Morgan fingerprint density at radius 2 is 1.69 bits per heavy atom. The minimum absolute atomic E-state index is 0.0354. The molecular weight excluding hydrogens is 334 g/mol. The number of rotatable bonds is 8. The van der Waals surface area contributed by atoms with E-state index in [9.17, 15) is 4.79 Å². The van der Waals surface area contributed by atoms with E-state index in [1.807, 2.05) is 6.07 Å². The Balaban J connectivity index is 2.21. The van der Waals surface area contributed by atoms with Gasteiger partial charge in [-0.25, -0.2) is 0 Å². The normalized spacial score (nSPS) is 10.2. The molecule has 0 atom stereocenters. The van der Waals surface area contributed by atoms with Crippen molar-refractivity contribution in [3.05, 3.63) is 53.6 Å². The van der Waals surface area contributed by atoms with Crippen LogP contribution in [0.15, 0.2) is 42.5 Å². The average molecular weight is 353 g/mol. The zero-order valence-electron chi connectivity index (χ0n) is 14.8. The molecule has 0 fully saturated rings. The second kappa shape index (κ2) is 9.14. The van der Waals surface area contributed by atoms with Crippen molar-refractivity contribution in [3.8, 4) is 29.1 Å². The van der Waals surface area contributed by atoms with Crippen molar-refractivity contribution < 1.29 is 23.7 Å². The third-order valence-corrected chi connectivity index (χ3v) is 3.59. The van der Waals surface area contributed by atoms with E-state index in [0.717, 1.165) is 0 Å². The molecule has 134 valence electrons. The summed E-state index contributed by atoms with van der Waals surface area (Å²) >= 11 is 0. The lowest BCUT2D eigenvalue weighted by molar-refractivity contribution is 0.104. The smallest absolute Gasteiger partial charge is 0.203 e. The quantitative estimate of drug-likeness (QED) is 0.534. The zero-order chi connectivity index (χ0) is 18.9. The number of ketones is 1. The van der Waals surface area contributed by atoms with Gasteiger partial charge in [0.25, 0.3) is 0 Å². The number of carbonyl (C=O) groups excluding carboxylic acids is 1. The van der Waals surface area contributed by atoms with Crippen molar-refractivity contribution in [3.63, 3.8) is 0 Å². The van der Waals surface area contributed by atoms with Gasteiger partial charge in [0.2, 0.25) is 5.75 Å². The molecule has 0 heterocycles. The molecule has 0 N–H and O–H groups in total. The lowest BCUT2D eigenvalue weighted by Crippen LogP contribution is -1.98. The van der Waals surface area contributed by atoms with Crippen molar-refractivity contribution in [2.24, 2.45) is 0 Å². The number of hydrogen-bond acceptors (Lipinski definition) is 6. The van der Waals surface area contributed by atoms with Crippen molar-refractivity contribution in [2.45, 2.75) is 0 Å². The summed E-state index contributed by atoms with van der Waals surface area (Å²) in [5.74, 6) is 1.85. The first-order chi connectivity index (χ1) is 12.6. The molecule has 0 saturated heterocycles. The number of allylic oxidation sites excluding steroid dienone is 1. The summed E-state index contributed by atoms with van der Waals surface area (Å²) in [6.45, 7) is -0.0354. The Morgan fingerprint density at radius 3 is 2.27 bits per heavy atom. The predicted molar refractivity (Wildman–Crippen MR) is 97.0 cm³/mol. The average Bonchev–Trinajstić information content (AvgIpc) is 2.69. The van der Waals surface area contributed by atoms with Gasteiger partial charge < -0.3 is 18.9 Å². The topological polar surface area (TPSA) is 77.8 Å². The van der Waals surface area contributed by atoms with Crippen LogP contribution in [-0.2, 0) is 0 Å². The number of hydrogen-bond donors (Lipinski definition) is 0. The monoisotopic (exact) mass is 353 g/mol. The maximum absolute atomic E-state index is 12.3. The SMILES string of the molecule is COc1ccc(/C=C/C(=O)c2ccc(OCC#N)cc2)c(OC)c1OC. The van der Waals surface area contributed by atoms with E-state index in [2.05, 4.69) is 0 Å². The molecule has 0 aliphatic heterocycles. The van der Waals surface area contributed by atoms with Gasteiger partial charge in [-0.3, -0.25) is 4.79 Å². The Hall–Kier alpha value is -3.46. The molecule has 0 unspecified atom stereocenters. The van der Waals surface area contributed by atoms with Crippen LogP contribution in [0.4, 0.5) is 0 Å². The fourth-order valence-corrected chi connectivity index (χ4v) is 2.35. The molecule has 0 saturated carbocycles. The Labute approximate surface area is 152 Å². The third-order valence-electron chi connectivity index (χ3n) is 3.59. The number of benzene rings is 2. The van der Waals surface area contributed by atoms with Gasteiger partial charge in [-0.1, -0.05) is 0 Å². The zero-order valence-corrected chi connectivity index (χ0v) is 14.8. The van der Waals surface area contributed by atoms with Crippen molar-refractivity contribution >= 4 is 11.9 Å². The molecule has 2 aromatic carbocycles. The minimum atomic E-state index is -0.173. The van der Waals surface area contributed by atoms with E-state index in [1.165, 1.54) is 20.3 Å². The number of ether oxygens (including phenoxy) is 4. The highest BCUT2D eigenvalue weighted by molar-refractivity contribution is 6.07. The first-order valence-electron chi connectivity index (χ1n) is 7.75. The van der Waals surface area contributed by atoms with Crippen LogP contribution in [0.25, 0.3) is 6.08 Å². The Kier molecular flexibility index (Phi) is 6.63. The van der Waals surface area contributed by atoms with Gasteiger partial charge in [0.05, 0.1) is 21.3 Å².